The van der Waals surface area contributed by atoms with E-state index in [-0.39, 0.29) is 41.4 Å². The lowest BCUT2D eigenvalue weighted by atomic mass is 9.63. The van der Waals surface area contributed by atoms with Crippen LogP contribution >= 0.6 is 0 Å². The molecule has 7 rings (SSSR count). The summed E-state index contributed by atoms with van der Waals surface area (Å²) in [6.07, 6.45) is 9.95. The first-order valence-corrected chi connectivity index (χ1v) is 11.1. The van der Waals surface area contributed by atoms with E-state index in [2.05, 4.69) is 12.2 Å². The summed E-state index contributed by atoms with van der Waals surface area (Å²) < 4.78 is 0. The number of amides is 3. The van der Waals surface area contributed by atoms with E-state index in [1.54, 1.807) is 24.3 Å². The summed E-state index contributed by atoms with van der Waals surface area (Å²) in [6.45, 7) is 1.57. The Morgan fingerprint density at radius 1 is 0.862 bits per heavy atom. The normalized spacial score (nSPS) is 37.4. The highest BCUT2D eigenvalue weighted by Gasteiger charge is 2.67. The van der Waals surface area contributed by atoms with E-state index in [1.165, 1.54) is 17.7 Å². The Morgan fingerprint density at radius 2 is 1.48 bits per heavy atom. The molecular formula is C24H26N2O3. The molecule has 4 fully saturated rings. The minimum Gasteiger partial charge on any atom is -0.339 e. The lowest BCUT2D eigenvalue weighted by Crippen LogP contribution is -2.40. The van der Waals surface area contributed by atoms with Crippen LogP contribution in [-0.4, -0.2) is 35.7 Å². The first kappa shape index (κ1) is 17.4. The van der Waals surface area contributed by atoms with Crippen molar-refractivity contribution in [3.8, 4) is 0 Å². The fraction of sp³-hybridized carbons (Fsp3) is 0.542. The largest absolute Gasteiger partial charge is 0.339 e. The highest BCUT2D eigenvalue weighted by molar-refractivity contribution is 6.23. The molecule has 3 amide bonds. The number of imide groups is 1. The molecule has 6 atom stereocenters. The minimum absolute atomic E-state index is 0.00763. The quantitative estimate of drug-likeness (QED) is 0.575. The molecule has 1 aromatic rings. The smallest absolute Gasteiger partial charge is 0.253 e. The average molecular weight is 390 g/mol. The lowest BCUT2D eigenvalue weighted by molar-refractivity contribution is -0.124. The predicted octanol–water partition coefficient (Wildman–Crippen LogP) is 3.26. The van der Waals surface area contributed by atoms with Crippen LogP contribution < -0.4 is 4.90 Å². The van der Waals surface area contributed by atoms with Crippen LogP contribution in [0.1, 0.15) is 42.5 Å². The second-order valence-corrected chi connectivity index (χ2v) is 9.42. The third kappa shape index (κ3) is 2.49. The fourth-order valence-corrected chi connectivity index (χ4v) is 6.45. The van der Waals surface area contributed by atoms with Crippen LogP contribution in [0.3, 0.4) is 0 Å². The van der Waals surface area contributed by atoms with Crippen molar-refractivity contribution in [2.45, 2.75) is 32.1 Å². The third-order valence-electron chi connectivity index (χ3n) is 7.91. The summed E-state index contributed by atoms with van der Waals surface area (Å²) in [5.41, 5.74) is 1.13. The van der Waals surface area contributed by atoms with E-state index in [0.717, 1.165) is 32.4 Å². The Kier molecular flexibility index (Phi) is 3.78. The first-order chi connectivity index (χ1) is 14.1. The molecule has 29 heavy (non-hydrogen) atoms. The van der Waals surface area contributed by atoms with Gasteiger partial charge in [-0.15, -0.1) is 0 Å². The number of carbonyl (C=O) groups is 3. The van der Waals surface area contributed by atoms with Crippen LogP contribution in [0.25, 0.3) is 0 Å². The van der Waals surface area contributed by atoms with Gasteiger partial charge < -0.3 is 4.90 Å². The summed E-state index contributed by atoms with van der Waals surface area (Å²) in [5, 5.41) is 0. The molecule has 2 saturated heterocycles. The van der Waals surface area contributed by atoms with Crippen molar-refractivity contribution in [1.82, 2.24) is 4.90 Å². The minimum atomic E-state index is -0.203. The van der Waals surface area contributed by atoms with Crippen molar-refractivity contribution < 1.29 is 14.4 Å². The molecule has 0 aromatic heterocycles. The summed E-state index contributed by atoms with van der Waals surface area (Å²) in [5.74, 6) is 1.10. The zero-order valence-corrected chi connectivity index (χ0v) is 16.5. The highest BCUT2D eigenvalue weighted by Crippen LogP contribution is 2.65. The zero-order valence-electron chi connectivity index (χ0n) is 16.5. The van der Waals surface area contributed by atoms with Crippen LogP contribution in [0.2, 0.25) is 0 Å². The molecule has 0 radical (unpaired) electrons. The zero-order chi connectivity index (χ0) is 19.7. The van der Waals surface area contributed by atoms with Crippen LogP contribution in [0.15, 0.2) is 36.4 Å². The Bertz CT molecular complexity index is 894. The summed E-state index contributed by atoms with van der Waals surface area (Å²) in [6, 6.07) is 7.14. The Labute approximate surface area is 170 Å². The number of carbonyl (C=O) groups excluding carboxylic acids is 3. The van der Waals surface area contributed by atoms with Gasteiger partial charge in [0.15, 0.2) is 0 Å². The highest BCUT2D eigenvalue weighted by atomic mass is 16.2. The predicted molar refractivity (Wildman–Crippen MR) is 108 cm³/mol. The van der Waals surface area contributed by atoms with Crippen molar-refractivity contribution >= 4 is 23.4 Å². The molecule has 1 aromatic carbocycles. The topological polar surface area (TPSA) is 57.7 Å². The number of benzene rings is 1. The number of hydrogen-bond acceptors (Lipinski definition) is 3. The number of allylic oxidation sites excluding steroid dienone is 2. The van der Waals surface area contributed by atoms with Gasteiger partial charge >= 0.3 is 0 Å². The van der Waals surface area contributed by atoms with Crippen molar-refractivity contribution in [3.05, 3.63) is 42.0 Å². The molecule has 2 saturated carbocycles. The van der Waals surface area contributed by atoms with E-state index in [4.69, 9.17) is 0 Å². The maximum absolute atomic E-state index is 13.3. The van der Waals surface area contributed by atoms with Crippen LogP contribution in [0.4, 0.5) is 5.69 Å². The van der Waals surface area contributed by atoms with Crippen LogP contribution in [-0.2, 0) is 9.59 Å². The van der Waals surface area contributed by atoms with Gasteiger partial charge in [0, 0.05) is 18.7 Å². The standard InChI is InChI=1S/C24H26N2O3/c27-22(25-10-3-1-2-4-11-25)14-6-5-7-15(12-14)26-23(28)20-16-8-9-17(19-13-18(16)19)21(20)24(26)29/h5-9,12,16-21H,1-4,10-11,13H2/t16-,17-,18-,19-,20+,21+/m1/s1. The van der Waals surface area contributed by atoms with Crippen molar-refractivity contribution in [2.75, 3.05) is 18.0 Å². The third-order valence-corrected chi connectivity index (χ3v) is 7.91. The molecule has 2 aliphatic heterocycles. The number of hydrogen-bond donors (Lipinski definition) is 0. The van der Waals surface area contributed by atoms with E-state index in [9.17, 15) is 14.4 Å². The molecule has 4 aliphatic carbocycles. The van der Waals surface area contributed by atoms with Crippen LogP contribution in [0, 0.1) is 35.5 Å². The second-order valence-electron chi connectivity index (χ2n) is 9.42. The summed E-state index contributed by atoms with van der Waals surface area (Å²) in [7, 11) is 0. The van der Waals surface area contributed by atoms with Crippen molar-refractivity contribution in [1.29, 1.82) is 0 Å². The number of anilines is 1. The second kappa shape index (κ2) is 6.28. The van der Waals surface area contributed by atoms with Gasteiger partial charge in [0.05, 0.1) is 17.5 Å². The van der Waals surface area contributed by atoms with Gasteiger partial charge in [-0.3, -0.25) is 14.4 Å². The number of likely N-dealkylation sites (tertiary alicyclic amines) is 1. The van der Waals surface area contributed by atoms with E-state index < -0.39 is 0 Å². The molecule has 0 spiro atoms. The van der Waals surface area contributed by atoms with Gasteiger partial charge in [0.1, 0.15) is 0 Å². The molecule has 2 bridgehead atoms. The number of rotatable bonds is 2. The Hall–Kier alpha value is -2.43. The summed E-state index contributed by atoms with van der Waals surface area (Å²) >= 11 is 0. The van der Waals surface area contributed by atoms with Gasteiger partial charge in [-0.2, -0.15) is 0 Å². The molecule has 0 unspecified atom stereocenters. The number of nitrogens with zero attached hydrogens (tertiary/aromatic N) is 2. The molecule has 150 valence electrons. The van der Waals surface area contributed by atoms with E-state index in [0.29, 0.717) is 23.1 Å². The SMILES string of the molecule is O=C(c1cccc(N2C(=O)[C@H]3[C@@H]4C=C[C@H]([C@H]5C[C@H]45)[C@@H]3C2=O)c1)N1CCCCCC1. The molecule has 5 nitrogen and oxygen atoms in total. The maximum atomic E-state index is 13.3. The summed E-state index contributed by atoms with van der Waals surface area (Å²) in [4.78, 5) is 42.9. The van der Waals surface area contributed by atoms with Crippen molar-refractivity contribution in [2.24, 2.45) is 35.5 Å². The fourth-order valence-electron chi connectivity index (χ4n) is 6.45. The van der Waals surface area contributed by atoms with Crippen molar-refractivity contribution in [3.63, 3.8) is 0 Å². The molecule has 2 heterocycles. The lowest BCUT2D eigenvalue weighted by Gasteiger charge is -2.37. The van der Waals surface area contributed by atoms with Gasteiger partial charge in [-0.05, 0) is 61.1 Å². The van der Waals surface area contributed by atoms with Gasteiger partial charge in [-0.25, -0.2) is 4.90 Å². The Morgan fingerprint density at radius 3 is 2.10 bits per heavy atom. The molecular weight excluding hydrogens is 364 g/mol. The molecule has 6 aliphatic rings. The maximum Gasteiger partial charge on any atom is 0.253 e. The first-order valence-electron chi connectivity index (χ1n) is 11.1. The Balaban J connectivity index is 1.30. The van der Waals surface area contributed by atoms with Gasteiger partial charge in [0.25, 0.3) is 5.91 Å². The molecule has 5 heteroatoms. The van der Waals surface area contributed by atoms with E-state index in [1.807, 2.05) is 4.90 Å². The molecule has 0 N–H and O–H groups in total. The van der Waals surface area contributed by atoms with E-state index >= 15 is 0 Å². The monoisotopic (exact) mass is 390 g/mol. The van der Waals surface area contributed by atoms with Gasteiger partial charge in [-0.1, -0.05) is 31.1 Å². The van der Waals surface area contributed by atoms with Crippen LogP contribution in [0.5, 0.6) is 0 Å². The average Bonchev–Trinajstić information content (AvgIpc) is 3.55. The van der Waals surface area contributed by atoms with Gasteiger partial charge in [0.2, 0.25) is 11.8 Å².